The predicted molar refractivity (Wildman–Crippen MR) is 236 cm³/mol. The summed E-state index contributed by atoms with van der Waals surface area (Å²) in [4.78, 5) is 24.9. The highest BCUT2D eigenvalue weighted by Gasteiger charge is 2.43. The van der Waals surface area contributed by atoms with Gasteiger partial charge in [0.15, 0.2) is 0 Å². The maximum absolute atomic E-state index is 11.5. The maximum atomic E-state index is 11.5. The number of hydrogen-bond acceptors (Lipinski definition) is 4. The summed E-state index contributed by atoms with van der Waals surface area (Å²) < 4.78 is 5.03. The predicted octanol–water partition coefficient (Wildman–Crippen LogP) is 7.63. The lowest BCUT2D eigenvalue weighted by molar-refractivity contribution is -0.120. The van der Waals surface area contributed by atoms with Gasteiger partial charge in [0.1, 0.15) is 5.75 Å². The van der Waals surface area contributed by atoms with Gasteiger partial charge in [-0.05, 0) is 103 Å². The third-order valence-electron chi connectivity index (χ3n) is 11.8. The Labute approximate surface area is 334 Å². The molecule has 2 heterocycles. The zero-order chi connectivity index (χ0) is 39.4. The maximum Gasteiger partial charge on any atom is 0.335 e. The zero-order valence-corrected chi connectivity index (χ0v) is 32.4. The molecule has 2 aliphatic rings. The van der Waals surface area contributed by atoms with E-state index in [1.165, 1.54) is 61.0 Å². The van der Waals surface area contributed by atoms with Gasteiger partial charge in [0.05, 0.1) is 5.56 Å². The Kier molecular flexibility index (Phi) is 9.17. The van der Waals surface area contributed by atoms with Crippen molar-refractivity contribution in [3.05, 3.63) is 168 Å². The van der Waals surface area contributed by atoms with Gasteiger partial charge in [0.25, 0.3) is 6.47 Å². The van der Waals surface area contributed by atoms with E-state index in [0.29, 0.717) is 24.1 Å². The Morgan fingerprint density at radius 1 is 0.561 bits per heavy atom. The van der Waals surface area contributed by atoms with Crippen LogP contribution in [-0.4, -0.2) is 31.0 Å². The summed E-state index contributed by atoms with van der Waals surface area (Å²) in [5.41, 5.74) is 18.3. The van der Waals surface area contributed by atoms with Crippen LogP contribution in [0, 0.1) is 0 Å². The first-order chi connectivity index (χ1) is 27.7. The fourth-order valence-electron chi connectivity index (χ4n) is 8.77. The highest BCUT2D eigenvalue weighted by Crippen LogP contribution is 2.39. The second kappa shape index (κ2) is 14.5. The third kappa shape index (κ3) is 6.33. The quantitative estimate of drug-likeness (QED) is 0.122. The number of anilines is 3. The van der Waals surface area contributed by atoms with Gasteiger partial charge in [-0.15, -0.1) is 0 Å². The molecule has 0 saturated heterocycles. The van der Waals surface area contributed by atoms with Crippen LogP contribution in [0.5, 0.6) is 5.75 Å². The van der Waals surface area contributed by atoms with Crippen molar-refractivity contribution < 1.29 is 19.4 Å². The number of hydrogen-bond donors (Lipinski definition) is 1. The number of para-hydroxylation sites is 1. The normalized spacial score (nSPS) is 12.6. The van der Waals surface area contributed by atoms with E-state index in [1.807, 2.05) is 36.4 Å². The molecule has 0 radical (unpaired) electrons. The summed E-state index contributed by atoms with van der Waals surface area (Å²) >= 11 is 0. The molecular formula is C50H41B2NO4. The molecule has 5 nitrogen and oxygen atoms in total. The second-order valence-corrected chi connectivity index (χ2v) is 15.8. The molecular weight excluding hydrogens is 700 g/mol. The molecule has 0 atom stereocenters. The van der Waals surface area contributed by atoms with Crippen molar-refractivity contribution in [3.8, 4) is 28.0 Å². The molecule has 0 spiro atoms. The van der Waals surface area contributed by atoms with Crippen LogP contribution in [0.2, 0.25) is 0 Å². The number of carboxylic acids is 1. The minimum atomic E-state index is -0.926. The minimum absolute atomic E-state index is 0.000119. The topological polar surface area (TPSA) is 66.8 Å². The van der Waals surface area contributed by atoms with E-state index in [-0.39, 0.29) is 19.0 Å². The molecule has 7 heteroatoms. The van der Waals surface area contributed by atoms with Gasteiger partial charge >= 0.3 is 5.97 Å². The van der Waals surface area contributed by atoms with Crippen LogP contribution in [0.3, 0.4) is 0 Å². The van der Waals surface area contributed by atoms with E-state index in [4.69, 9.17) is 4.74 Å². The van der Waals surface area contributed by atoms with Crippen LogP contribution in [-0.2, 0) is 4.79 Å². The molecule has 1 N–H and O–H groups in total. The Hall–Kier alpha value is -6.59. The molecule has 0 saturated carbocycles. The van der Waals surface area contributed by atoms with E-state index in [0.717, 1.165) is 22.3 Å². The molecule has 57 heavy (non-hydrogen) atoms. The molecule has 7 aromatic carbocycles. The highest BCUT2D eigenvalue weighted by molar-refractivity contribution is 7.02. The van der Waals surface area contributed by atoms with E-state index in [1.54, 1.807) is 12.1 Å². The first-order valence-corrected chi connectivity index (χ1v) is 19.6. The van der Waals surface area contributed by atoms with Gasteiger partial charge in [-0.3, -0.25) is 4.79 Å². The fraction of sp³-hybridized carbons (Fsp3) is 0.120. The molecule has 0 aliphatic carbocycles. The summed E-state index contributed by atoms with van der Waals surface area (Å²) in [6.45, 7) is 9.51. The van der Waals surface area contributed by atoms with Gasteiger partial charge < -0.3 is 14.7 Å². The van der Waals surface area contributed by atoms with Crippen LogP contribution < -0.4 is 42.4 Å². The highest BCUT2D eigenvalue weighted by atomic mass is 16.5. The number of aromatic carboxylic acids is 1. The Bertz CT molecular complexity index is 2650. The first-order valence-electron chi connectivity index (χ1n) is 19.6. The number of carbonyl (C=O) groups excluding carboxylic acids is 1. The summed E-state index contributed by atoms with van der Waals surface area (Å²) in [6.07, 6.45) is 0. The van der Waals surface area contributed by atoms with Gasteiger partial charge in [0, 0.05) is 17.1 Å². The largest absolute Gasteiger partial charge is 0.478 e. The number of benzene rings is 7. The number of ether oxygens (including phenoxy) is 1. The van der Waals surface area contributed by atoms with E-state index in [9.17, 15) is 14.7 Å². The Balaban J connectivity index is 1.21. The van der Waals surface area contributed by atoms with Crippen LogP contribution in [0.15, 0.2) is 152 Å². The minimum Gasteiger partial charge on any atom is -0.478 e. The Morgan fingerprint density at radius 2 is 0.982 bits per heavy atom. The van der Waals surface area contributed by atoms with E-state index >= 15 is 0 Å². The smallest absolute Gasteiger partial charge is 0.335 e. The molecule has 7 aromatic rings. The molecule has 0 bridgehead atoms. The first kappa shape index (κ1) is 36.1. The lowest BCUT2D eigenvalue weighted by Crippen LogP contribution is -2.65. The number of carboxylic acid groups (broad SMARTS) is 1. The second-order valence-electron chi connectivity index (χ2n) is 15.8. The van der Waals surface area contributed by atoms with Crippen molar-refractivity contribution in [2.75, 3.05) is 4.90 Å². The molecule has 0 fully saturated rings. The van der Waals surface area contributed by atoms with Crippen LogP contribution >= 0.6 is 0 Å². The van der Waals surface area contributed by atoms with Crippen molar-refractivity contribution in [3.63, 3.8) is 0 Å². The van der Waals surface area contributed by atoms with Crippen LogP contribution in [0.1, 0.15) is 61.0 Å². The van der Waals surface area contributed by atoms with Crippen LogP contribution in [0.4, 0.5) is 17.1 Å². The van der Waals surface area contributed by atoms with Crippen LogP contribution in [0.25, 0.3) is 22.3 Å². The lowest BCUT2D eigenvalue weighted by atomic mass is 9.30. The molecule has 2 aliphatic heterocycles. The molecule has 0 unspecified atom stereocenters. The monoisotopic (exact) mass is 741 g/mol. The number of fused-ring (bicyclic) bond motifs is 4. The molecule has 276 valence electrons. The van der Waals surface area contributed by atoms with Gasteiger partial charge in [-0.1, -0.05) is 154 Å². The number of carbonyl (C=O) groups is 2. The number of nitrogens with zero attached hydrogens (tertiary/aromatic N) is 1. The SMILES string of the molecule is CC(C)c1ccc2c(c1)N1c3cc(C(C)C)ccc3B(c3ccc(-c4ccc(C(=O)O)cc4)cc3)c3cccc(c31)B2c1ccc(-c2ccc(OC=O)cc2)cc1. The third-order valence-corrected chi connectivity index (χ3v) is 11.8. The Morgan fingerprint density at radius 3 is 1.39 bits per heavy atom. The fourth-order valence-corrected chi connectivity index (χ4v) is 8.77. The van der Waals surface area contributed by atoms with Crippen molar-refractivity contribution in [2.45, 2.75) is 39.5 Å². The van der Waals surface area contributed by atoms with Crippen molar-refractivity contribution in [2.24, 2.45) is 0 Å². The zero-order valence-electron chi connectivity index (χ0n) is 32.4. The van der Waals surface area contributed by atoms with Gasteiger partial charge in [-0.2, -0.15) is 0 Å². The summed E-state index contributed by atoms with van der Waals surface area (Å²) in [5, 5.41) is 9.43. The van der Waals surface area contributed by atoms with Gasteiger partial charge in [-0.25, -0.2) is 4.79 Å². The average Bonchev–Trinajstić information content (AvgIpc) is 3.24. The van der Waals surface area contributed by atoms with Gasteiger partial charge in [0.2, 0.25) is 13.4 Å². The van der Waals surface area contributed by atoms with E-state index < -0.39 is 5.97 Å². The summed E-state index contributed by atoms with van der Waals surface area (Å²) in [7, 11) is 0. The van der Waals surface area contributed by atoms with Crippen molar-refractivity contribution in [1.29, 1.82) is 0 Å². The molecule has 0 amide bonds. The average molecular weight is 742 g/mol. The lowest BCUT2D eigenvalue weighted by Gasteiger charge is -2.44. The molecule has 0 aromatic heterocycles. The number of rotatable bonds is 9. The summed E-state index contributed by atoms with van der Waals surface area (Å²) in [6, 6.07) is 53.4. The standard InChI is InChI=1S/C50H41B2NO4/c1-31(2)38-18-26-43-47(28-38)53-48-29-39(32(3)4)19-27-44(48)52(41-22-14-35(15-23-41)36-16-24-42(25-17-36)57-30-54)46-7-5-6-45(49(46)53)51(43)40-20-12-34(13-21-40)33-8-10-37(11-9-33)50(55)56/h5-32H,1-4H3,(H,55,56). The van der Waals surface area contributed by atoms with E-state index in [2.05, 4.69) is 136 Å². The molecule has 9 rings (SSSR count). The summed E-state index contributed by atoms with van der Waals surface area (Å²) in [5.74, 6) is 0.326. The van der Waals surface area contributed by atoms with Crippen molar-refractivity contribution in [1.82, 2.24) is 0 Å². The van der Waals surface area contributed by atoms with Crippen molar-refractivity contribution >= 4 is 75.7 Å².